The molecule has 0 radical (unpaired) electrons. The number of carbonyl (C=O) groups excluding carboxylic acids is 2. The third kappa shape index (κ3) is 4.14. The lowest BCUT2D eigenvalue weighted by atomic mass is 10.1. The number of carbonyl (C=O) groups is 2. The number of nitro groups is 1. The largest absolute Gasteiger partial charge is 0.505 e. The number of rotatable bonds is 5. The van der Waals surface area contributed by atoms with Gasteiger partial charge in [0.1, 0.15) is 5.75 Å². The van der Waals surface area contributed by atoms with Crippen LogP contribution in [0.15, 0.2) is 72.8 Å². The molecule has 0 spiro atoms. The maximum absolute atomic E-state index is 12.5. The highest BCUT2D eigenvalue weighted by Gasteiger charge is 2.23. The molecule has 0 saturated heterocycles. The second kappa shape index (κ2) is 8.09. The van der Waals surface area contributed by atoms with Crippen molar-refractivity contribution < 1.29 is 19.6 Å². The van der Waals surface area contributed by atoms with Gasteiger partial charge in [-0.3, -0.25) is 19.8 Å². The van der Waals surface area contributed by atoms with Gasteiger partial charge < -0.3 is 16.2 Å². The minimum atomic E-state index is -0.949. The van der Waals surface area contributed by atoms with Gasteiger partial charge in [0, 0.05) is 11.6 Å². The van der Waals surface area contributed by atoms with Gasteiger partial charge in [0.15, 0.2) is 0 Å². The first-order valence-electron chi connectivity index (χ1n) is 8.41. The number of phenols is 1. The lowest BCUT2D eigenvalue weighted by Crippen LogP contribution is -2.32. The van der Waals surface area contributed by atoms with E-state index in [-0.39, 0.29) is 22.7 Å². The van der Waals surface area contributed by atoms with E-state index in [1.165, 1.54) is 12.1 Å². The normalized spacial score (nSPS) is 10.2. The first kappa shape index (κ1) is 19.4. The van der Waals surface area contributed by atoms with Gasteiger partial charge in [0.2, 0.25) is 0 Å². The van der Waals surface area contributed by atoms with Gasteiger partial charge in [-0.1, -0.05) is 30.3 Å². The van der Waals surface area contributed by atoms with Crippen LogP contribution >= 0.6 is 0 Å². The van der Waals surface area contributed by atoms with E-state index in [2.05, 4.69) is 5.32 Å². The van der Waals surface area contributed by atoms with Crippen molar-refractivity contribution in [2.45, 2.75) is 0 Å². The molecule has 9 heteroatoms. The number of nitrogens with zero attached hydrogens (tertiary/aromatic N) is 2. The SMILES string of the molecule is NC(=O)N(c1ccc([N+](=O)[O-])cc1O)c1ccccc1NC(=O)c1ccccc1. The second-order valence-corrected chi connectivity index (χ2v) is 5.94. The minimum Gasteiger partial charge on any atom is -0.505 e. The Labute approximate surface area is 165 Å². The molecule has 0 bridgehead atoms. The van der Waals surface area contributed by atoms with Gasteiger partial charge in [-0.25, -0.2) is 4.79 Å². The minimum absolute atomic E-state index is 0.0653. The van der Waals surface area contributed by atoms with Crippen molar-refractivity contribution in [3.05, 3.63) is 88.5 Å². The summed E-state index contributed by atoms with van der Waals surface area (Å²) in [5, 5.41) is 23.8. The first-order valence-corrected chi connectivity index (χ1v) is 8.41. The van der Waals surface area contributed by atoms with Crippen molar-refractivity contribution in [1.29, 1.82) is 0 Å². The first-order chi connectivity index (χ1) is 13.9. The number of non-ortho nitro benzene ring substituents is 1. The lowest BCUT2D eigenvalue weighted by molar-refractivity contribution is -0.384. The summed E-state index contributed by atoms with van der Waals surface area (Å²) in [4.78, 5) is 35.9. The molecule has 0 heterocycles. The van der Waals surface area contributed by atoms with Crippen LogP contribution in [-0.2, 0) is 0 Å². The number of amides is 3. The summed E-state index contributed by atoms with van der Waals surface area (Å²) in [5.41, 5.74) is 5.96. The summed E-state index contributed by atoms with van der Waals surface area (Å²) < 4.78 is 0. The molecule has 0 aliphatic carbocycles. The molecule has 146 valence electrons. The summed E-state index contributed by atoms with van der Waals surface area (Å²) in [6.45, 7) is 0. The topological polar surface area (TPSA) is 139 Å². The number of aromatic hydroxyl groups is 1. The van der Waals surface area contributed by atoms with Crippen LogP contribution in [0.1, 0.15) is 10.4 Å². The van der Waals surface area contributed by atoms with E-state index in [0.717, 1.165) is 17.0 Å². The zero-order valence-corrected chi connectivity index (χ0v) is 15.0. The number of primary amides is 1. The second-order valence-electron chi connectivity index (χ2n) is 5.94. The quantitative estimate of drug-likeness (QED) is 0.448. The van der Waals surface area contributed by atoms with E-state index in [1.54, 1.807) is 48.5 Å². The number of hydrogen-bond donors (Lipinski definition) is 3. The predicted octanol–water partition coefficient (Wildman–Crippen LogP) is 3.77. The Kier molecular flexibility index (Phi) is 5.40. The van der Waals surface area contributed by atoms with Crippen LogP contribution < -0.4 is 16.0 Å². The molecule has 3 aromatic rings. The lowest BCUT2D eigenvalue weighted by Gasteiger charge is -2.24. The van der Waals surface area contributed by atoms with Crippen molar-refractivity contribution >= 4 is 34.7 Å². The summed E-state index contributed by atoms with van der Waals surface area (Å²) in [6.07, 6.45) is 0. The van der Waals surface area contributed by atoms with E-state index in [0.29, 0.717) is 5.56 Å². The summed E-state index contributed by atoms with van der Waals surface area (Å²) >= 11 is 0. The number of nitrogens with one attached hydrogen (secondary N) is 1. The van der Waals surface area contributed by atoms with Gasteiger partial charge in [-0.2, -0.15) is 0 Å². The van der Waals surface area contributed by atoms with Gasteiger partial charge in [0.05, 0.1) is 28.1 Å². The Morgan fingerprint density at radius 1 is 0.966 bits per heavy atom. The highest BCUT2D eigenvalue weighted by molar-refractivity contribution is 6.09. The maximum atomic E-state index is 12.5. The average molecular weight is 392 g/mol. The van der Waals surface area contributed by atoms with Crippen LogP contribution in [0.5, 0.6) is 5.75 Å². The monoisotopic (exact) mass is 392 g/mol. The highest BCUT2D eigenvalue weighted by Crippen LogP contribution is 2.38. The van der Waals surface area contributed by atoms with Crippen molar-refractivity contribution in [2.24, 2.45) is 5.73 Å². The standard InChI is InChI=1S/C20H16N4O5/c21-20(27)23(17-11-10-14(24(28)29)12-18(17)25)16-9-5-4-8-15(16)22-19(26)13-6-2-1-3-7-13/h1-12,25H,(H2,21,27)(H,22,26). The Morgan fingerprint density at radius 3 is 2.24 bits per heavy atom. The molecular formula is C20H16N4O5. The summed E-state index contributed by atoms with van der Waals surface area (Å²) in [5.74, 6) is -0.919. The molecule has 0 fully saturated rings. The number of anilines is 3. The zero-order chi connectivity index (χ0) is 21.0. The molecule has 0 aliphatic rings. The number of nitro benzene ring substituents is 1. The molecule has 3 amide bonds. The molecule has 0 saturated carbocycles. The fourth-order valence-electron chi connectivity index (χ4n) is 2.74. The molecule has 0 unspecified atom stereocenters. The van der Waals surface area contributed by atoms with Crippen LogP contribution in [-0.4, -0.2) is 22.0 Å². The Morgan fingerprint density at radius 2 is 1.62 bits per heavy atom. The van der Waals surface area contributed by atoms with E-state index in [9.17, 15) is 24.8 Å². The van der Waals surface area contributed by atoms with Crippen molar-refractivity contribution in [3.63, 3.8) is 0 Å². The van der Waals surface area contributed by atoms with E-state index in [4.69, 9.17) is 5.73 Å². The van der Waals surface area contributed by atoms with E-state index < -0.39 is 22.6 Å². The number of hydrogen-bond acceptors (Lipinski definition) is 5. The van der Waals surface area contributed by atoms with E-state index >= 15 is 0 Å². The fraction of sp³-hybridized carbons (Fsp3) is 0. The van der Waals surface area contributed by atoms with Crippen molar-refractivity contribution in [1.82, 2.24) is 0 Å². The van der Waals surface area contributed by atoms with Gasteiger partial charge in [0.25, 0.3) is 11.6 Å². The zero-order valence-electron chi connectivity index (χ0n) is 15.0. The Balaban J connectivity index is 2.02. The summed E-state index contributed by atoms with van der Waals surface area (Å²) in [7, 11) is 0. The molecule has 0 aromatic heterocycles. The third-order valence-corrected chi connectivity index (χ3v) is 4.06. The Hall–Kier alpha value is -4.40. The predicted molar refractivity (Wildman–Crippen MR) is 107 cm³/mol. The third-order valence-electron chi connectivity index (χ3n) is 4.06. The van der Waals surface area contributed by atoms with Crippen LogP contribution in [0.25, 0.3) is 0 Å². The van der Waals surface area contributed by atoms with Crippen LogP contribution in [0.4, 0.5) is 27.5 Å². The van der Waals surface area contributed by atoms with Crippen LogP contribution in [0.3, 0.4) is 0 Å². The van der Waals surface area contributed by atoms with Gasteiger partial charge >= 0.3 is 6.03 Å². The molecule has 29 heavy (non-hydrogen) atoms. The summed E-state index contributed by atoms with van der Waals surface area (Å²) in [6, 6.07) is 17.1. The number of benzene rings is 3. The Bertz CT molecular complexity index is 1090. The van der Waals surface area contributed by atoms with Gasteiger partial charge in [-0.15, -0.1) is 0 Å². The highest BCUT2D eigenvalue weighted by atomic mass is 16.6. The number of para-hydroxylation sites is 2. The van der Waals surface area contributed by atoms with Crippen molar-refractivity contribution in [2.75, 3.05) is 10.2 Å². The van der Waals surface area contributed by atoms with Crippen molar-refractivity contribution in [3.8, 4) is 5.75 Å². The fourth-order valence-corrected chi connectivity index (χ4v) is 2.74. The molecular weight excluding hydrogens is 376 g/mol. The molecule has 0 atom stereocenters. The molecule has 9 nitrogen and oxygen atoms in total. The molecule has 4 N–H and O–H groups in total. The number of urea groups is 1. The molecule has 3 rings (SSSR count). The van der Waals surface area contributed by atoms with Gasteiger partial charge in [-0.05, 0) is 30.3 Å². The number of phenolic OH excluding ortho intramolecular Hbond substituents is 1. The average Bonchev–Trinajstić information content (AvgIpc) is 2.71. The molecule has 3 aromatic carbocycles. The van der Waals surface area contributed by atoms with Crippen LogP contribution in [0, 0.1) is 10.1 Å². The smallest absolute Gasteiger partial charge is 0.324 e. The number of nitrogens with two attached hydrogens (primary N) is 1. The van der Waals surface area contributed by atoms with Crippen LogP contribution in [0.2, 0.25) is 0 Å². The maximum Gasteiger partial charge on any atom is 0.324 e. The van der Waals surface area contributed by atoms with E-state index in [1.807, 2.05) is 0 Å². The molecule has 0 aliphatic heterocycles.